The first-order valence-corrected chi connectivity index (χ1v) is 6.77. The Morgan fingerprint density at radius 1 is 1.42 bits per heavy atom. The summed E-state index contributed by atoms with van der Waals surface area (Å²) in [5.41, 5.74) is 7.25. The number of hydrogen-bond donors (Lipinski definition) is 2. The van der Waals surface area contributed by atoms with Crippen molar-refractivity contribution in [1.82, 2.24) is 0 Å². The molecule has 1 aromatic rings. The number of methoxy groups -OCH3 is 1. The minimum Gasteiger partial charge on any atom is -0.495 e. The summed E-state index contributed by atoms with van der Waals surface area (Å²) in [6, 6.07) is 5.76. The summed E-state index contributed by atoms with van der Waals surface area (Å²) in [6.45, 7) is 2.40. The van der Waals surface area contributed by atoms with E-state index < -0.39 is 5.41 Å². The second-order valence-electron chi connectivity index (χ2n) is 5.35. The molecule has 19 heavy (non-hydrogen) atoms. The highest BCUT2D eigenvalue weighted by atomic mass is 16.5. The van der Waals surface area contributed by atoms with Gasteiger partial charge in [-0.2, -0.15) is 0 Å². The maximum absolute atomic E-state index is 12.5. The molecular weight excluding hydrogens is 240 g/mol. The molecule has 3 N–H and O–H groups in total. The summed E-state index contributed by atoms with van der Waals surface area (Å²) in [5.74, 6) is 0.709. The van der Waals surface area contributed by atoms with Crippen molar-refractivity contribution < 1.29 is 9.53 Å². The van der Waals surface area contributed by atoms with Gasteiger partial charge >= 0.3 is 0 Å². The Morgan fingerprint density at radius 2 is 2.11 bits per heavy atom. The average Bonchev–Trinajstić information content (AvgIpc) is 2.89. The third-order valence-corrected chi connectivity index (χ3v) is 4.04. The van der Waals surface area contributed by atoms with Crippen LogP contribution >= 0.6 is 0 Å². The lowest BCUT2D eigenvalue weighted by molar-refractivity contribution is -0.124. The largest absolute Gasteiger partial charge is 0.495 e. The molecule has 1 amide bonds. The molecule has 0 heterocycles. The summed E-state index contributed by atoms with van der Waals surface area (Å²) < 4.78 is 5.28. The summed E-state index contributed by atoms with van der Waals surface area (Å²) in [5, 5.41) is 2.99. The maximum atomic E-state index is 12.5. The first kappa shape index (κ1) is 13.9. The number of anilines is 1. The number of amides is 1. The summed E-state index contributed by atoms with van der Waals surface area (Å²) in [6.07, 6.45) is 3.91. The summed E-state index contributed by atoms with van der Waals surface area (Å²) in [7, 11) is 1.61. The first-order chi connectivity index (χ1) is 9.11. The van der Waals surface area contributed by atoms with Crippen LogP contribution in [0.3, 0.4) is 0 Å². The Hall–Kier alpha value is -1.55. The topological polar surface area (TPSA) is 64.3 Å². The number of nitrogens with one attached hydrogen (secondary N) is 1. The molecule has 0 aliphatic heterocycles. The van der Waals surface area contributed by atoms with Gasteiger partial charge < -0.3 is 15.8 Å². The quantitative estimate of drug-likeness (QED) is 0.876. The Labute approximate surface area is 114 Å². The van der Waals surface area contributed by atoms with Gasteiger partial charge in [-0.05, 0) is 37.5 Å². The zero-order valence-electron chi connectivity index (χ0n) is 11.7. The van der Waals surface area contributed by atoms with Crippen LogP contribution in [0.4, 0.5) is 5.69 Å². The third kappa shape index (κ3) is 2.73. The lowest BCUT2D eigenvalue weighted by Gasteiger charge is -2.26. The van der Waals surface area contributed by atoms with Crippen molar-refractivity contribution in [3.05, 3.63) is 23.8 Å². The van der Waals surface area contributed by atoms with E-state index in [1.165, 1.54) is 0 Å². The second kappa shape index (κ2) is 5.61. The number of carbonyl (C=O) groups is 1. The highest BCUT2D eigenvalue weighted by molar-refractivity contribution is 5.97. The molecular formula is C15H22N2O2. The van der Waals surface area contributed by atoms with Gasteiger partial charge in [0.2, 0.25) is 5.91 Å². The molecule has 0 spiro atoms. The molecule has 4 heteroatoms. The number of aryl methyl sites for hydroxylation is 1. The van der Waals surface area contributed by atoms with Gasteiger partial charge in [0.25, 0.3) is 0 Å². The van der Waals surface area contributed by atoms with Crippen LogP contribution in [-0.2, 0) is 4.79 Å². The van der Waals surface area contributed by atoms with Crippen molar-refractivity contribution >= 4 is 11.6 Å². The molecule has 2 rings (SSSR count). The van der Waals surface area contributed by atoms with E-state index in [2.05, 4.69) is 5.32 Å². The molecule has 1 saturated carbocycles. The number of rotatable bonds is 4. The molecule has 0 bridgehead atoms. The van der Waals surface area contributed by atoms with E-state index in [0.717, 1.165) is 36.9 Å². The number of hydrogen-bond acceptors (Lipinski definition) is 3. The molecule has 0 unspecified atom stereocenters. The average molecular weight is 262 g/mol. The molecule has 1 aliphatic carbocycles. The van der Waals surface area contributed by atoms with Crippen LogP contribution in [0.15, 0.2) is 18.2 Å². The molecule has 104 valence electrons. The van der Waals surface area contributed by atoms with Crippen molar-refractivity contribution in [1.29, 1.82) is 0 Å². The van der Waals surface area contributed by atoms with Gasteiger partial charge in [-0.15, -0.1) is 0 Å². The van der Waals surface area contributed by atoms with Gasteiger partial charge in [-0.25, -0.2) is 0 Å². The fourth-order valence-corrected chi connectivity index (χ4v) is 2.75. The highest BCUT2D eigenvalue weighted by Crippen LogP contribution is 2.39. The van der Waals surface area contributed by atoms with Crippen molar-refractivity contribution in [2.45, 2.75) is 32.6 Å². The predicted octanol–water partition coefficient (Wildman–Crippen LogP) is 2.46. The first-order valence-electron chi connectivity index (χ1n) is 6.77. The summed E-state index contributed by atoms with van der Waals surface area (Å²) in [4.78, 5) is 12.5. The van der Waals surface area contributed by atoms with Gasteiger partial charge in [0, 0.05) is 6.54 Å². The lowest BCUT2D eigenvalue weighted by Crippen LogP contribution is -2.40. The van der Waals surface area contributed by atoms with Gasteiger partial charge in [-0.3, -0.25) is 4.79 Å². The van der Waals surface area contributed by atoms with Gasteiger partial charge in [0.05, 0.1) is 18.2 Å². The molecule has 4 nitrogen and oxygen atoms in total. The van der Waals surface area contributed by atoms with E-state index in [-0.39, 0.29) is 5.91 Å². The van der Waals surface area contributed by atoms with Crippen molar-refractivity contribution in [2.24, 2.45) is 11.1 Å². The highest BCUT2D eigenvalue weighted by Gasteiger charge is 2.40. The zero-order chi connectivity index (χ0) is 13.9. The van der Waals surface area contributed by atoms with Gasteiger partial charge in [0.15, 0.2) is 0 Å². The maximum Gasteiger partial charge on any atom is 0.231 e. The number of ether oxygens (including phenoxy) is 1. The lowest BCUT2D eigenvalue weighted by atomic mass is 9.85. The molecule has 1 aromatic carbocycles. The van der Waals surface area contributed by atoms with E-state index in [4.69, 9.17) is 10.5 Å². The van der Waals surface area contributed by atoms with Crippen LogP contribution in [0.25, 0.3) is 0 Å². The van der Waals surface area contributed by atoms with E-state index in [0.29, 0.717) is 12.3 Å². The van der Waals surface area contributed by atoms with Crippen LogP contribution in [-0.4, -0.2) is 19.6 Å². The fraction of sp³-hybridized carbons (Fsp3) is 0.533. The molecule has 0 saturated heterocycles. The van der Waals surface area contributed by atoms with Crippen LogP contribution in [0.5, 0.6) is 5.75 Å². The Bertz CT molecular complexity index is 465. The predicted molar refractivity (Wildman–Crippen MR) is 76.3 cm³/mol. The van der Waals surface area contributed by atoms with E-state index in [1.54, 1.807) is 7.11 Å². The standard InChI is InChI=1S/C15H22N2O2/c1-11-5-6-13(19-2)12(9-11)17-14(18)15(10-16)7-3-4-8-15/h5-6,9H,3-4,7-8,10,16H2,1-2H3,(H,17,18). The normalized spacial score (nSPS) is 17.2. The van der Waals surface area contributed by atoms with Crippen molar-refractivity contribution in [3.8, 4) is 5.75 Å². The van der Waals surface area contributed by atoms with Gasteiger partial charge in [-0.1, -0.05) is 18.9 Å². The van der Waals surface area contributed by atoms with Crippen LogP contribution < -0.4 is 15.8 Å². The Morgan fingerprint density at radius 3 is 2.68 bits per heavy atom. The molecule has 0 atom stereocenters. The minimum atomic E-state index is -0.394. The van der Waals surface area contributed by atoms with E-state index >= 15 is 0 Å². The SMILES string of the molecule is COc1ccc(C)cc1NC(=O)C1(CN)CCCC1. The zero-order valence-corrected chi connectivity index (χ0v) is 11.7. The van der Waals surface area contributed by atoms with Crippen molar-refractivity contribution in [2.75, 3.05) is 19.0 Å². The smallest absolute Gasteiger partial charge is 0.231 e. The van der Waals surface area contributed by atoms with Crippen LogP contribution in [0.1, 0.15) is 31.2 Å². The van der Waals surface area contributed by atoms with E-state index in [9.17, 15) is 4.79 Å². The van der Waals surface area contributed by atoms with Crippen LogP contribution in [0.2, 0.25) is 0 Å². The Balaban J connectivity index is 2.20. The monoisotopic (exact) mass is 262 g/mol. The second-order valence-corrected chi connectivity index (χ2v) is 5.35. The molecule has 0 radical (unpaired) electrons. The van der Waals surface area contributed by atoms with Crippen LogP contribution in [0, 0.1) is 12.3 Å². The molecule has 1 fully saturated rings. The number of benzene rings is 1. The molecule has 1 aliphatic rings. The number of carbonyl (C=O) groups excluding carboxylic acids is 1. The summed E-state index contributed by atoms with van der Waals surface area (Å²) >= 11 is 0. The molecule has 0 aromatic heterocycles. The number of nitrogens with two attached hydrogens (primary N) is 1. The van der Waals surface area contributed by atoms with Gasteiger partial charge in [0.1, 0.15) is 5.75 Å². The van der Waals surface area contributed by atoms with Crippen molar-refractivity contribution in [3.63, 3.8) is 0 Å². The fourth-order valence-electron chi connectivity index (χ4n) is 2.75. The third-order valence-electron chi connectivity index (χ3n) is 4.04. The van der Waals surface area contributed by atoms with E-state index in [1.807, 2.05) is 25.1 Å². The Kier molecular flexibility index (Phi) is 4.10. The minimum absolute atomic E-state index is 0.0244.